The van der Waals surface area contributed by atoms with Crippen LogP contribution in [-0.2, 0) is 10.8 Å². The summed E-state index contributed by atoms with van der Waals surface area (Å²) in [6.07, 6.45) is 5.02. The average molecular weight is 293 g/mol. The van der Waals surface area contributed by atoms with E-state index >= 15 is 0 Å². The highest BCUT2D eigenvalue weighted by Gasteiger charge is 2.28. The van der Waals surface area contributed by atoms with Gasteiger partial charge in [-0.1, -0.05) is 32.9 Å². The van der Waals surface area contributed by atoms with Gasteiger partial charge >= 0.3 is 0 Å². The molecule has 0 aliphatic rings. The van der Waals surface area contributed by atoms with E-state index in [1.807, 2.05) is 13.8 Å². The lowest BCUT2D eigenvalue weighted by molar-refractivity contribution is 0.368. The van der Waals surface area contributed by atoms with Crippen molar-refractivity contribution in [2.24, 2.45) is 0 Å². The van der Waals surface area contributed by atoms with E-state index in [0.29, 0.717) is 5.56 Å². The Morgan fingerprint density at radius 2 is 1.43 bits per heavy atom. The first-order chi connectivity index (χ1) is 9.71. The molecular weight excluding hydrogens is 272 g/mol. The summed E-state index contributed by atoms with van der Waals surface area (Å²) in [4.78, 5) is 0. The zero-order chi connectivity index (χ0) is 15.7. The molecule has 2 nitrogen and oxygen atoms in total. The molecule has 0 amide bonds. The molecule has 21 heavy (non-hydrogen) atoms. The highest BCUT2D eigenvalue weighted by atomic mass is 19.1. The molecule has 0 bridgehead atoms. The lowest BCUT2D eigenvalue weighted by atomic mass is 9.73. The molecule has 114 valence electrons. The van der Waals surface area contributed by atoms with E-state index < -0.39 is 11.6 Å². The number of hydrogen-bond donors (Lipinski definition) is 0. The second kappa shape index (κ2) is 5.58. The molecule has 0 radical (unpaired) electrons. The standard InChI is InChI=1S/C17H21F2NO/c1-16(2,12-7-14(18)9-15(19)8-12)5-6-17(3,4)13-10-20-21-11-13/h7-11H,5-6H2,1-4H3. The summed E-state index contributed by atoms with van der Waals surface area (Å²) in [5, 5.41) is 3.74. The molecule has 0 aliphatic heterocycles. The molecule has 1 aromatic carbocycles. The van der Waals surface area contributed by atoms with Gasteiger partial charge in [-0.25, -0.2) is 8.78 Å². The average Bonchev–Trinajstić information content (AvgIpc) is 2.90. The zero-order valence-corrected chi connectivity index (χ0v) is 12.9. The Hall–Kier alpha value is -1.71. The SMILES string of the molecule is CC(C)(CCC(C)(C)c1cc(F)cc(F)c1)c1cnoc1. The second-order valence-corrected chi connectivity index (χ2v) is 6.84. The summed E-state index contributed by atoms with van der Waals surface area (Å²) in [5.74, 6) is -1.06. The molecule has 0 atom stereocenters. The van der Waals surface area contributed by atoms with Crippen molar-refractivity contribution >= 4 is 0 Å². The van der Waals surface area contributed by atoms with E-state index in [0.717, 1.165) is 24.5 Å². The predicted octanol–water partition coefficient (Wildman–Crippen LogP) is 4.99. The maximum atomic E-state index is 13.4. The van der Waals surface area contributed by atoms with Gasteiger partial charge in [0.15, 0.2) is 0 Å². The monoisotopic (exact) mass is 293 g/mol. The van der Waals surface area contributed by atoms with E-state index in [2.05, 4.69) is 19.0 Å². The van der Waals surface area contributed by atoms with Gasteiger partial charge in [0.25, 0.3) is 0 Å². The minimum atomic E-state index is -0.531. The number of nitrogens with zero attached hydrogens (tertiary/aromatic N) is 1. The van der Waals surface area contributed by atoms with Crippen molar-refractivity contribution in [1.82, 2.24) is 5.16 Å². The quantitative estimate of drug-likeness (QED) is 0.776. The van der Waals surface area contributed by atoms with Gasteiger partial charge in [0.1, 0.15) is 17.9 Å². The smallest absolute Gasteiger partial charge is 0.127 e. The first kappa shape index (κ1) is 15.7. The van der Waals surface area contributed by atoms with E-state index in [4.69, 9.17) is 4.52 Å². The number of aromatic nitrogens is 1. The first-order valence-corrected chi connectivity index (χ1v) is 7.07. The Bertz CT molecular complexity index is 583. The van der Waals surface area contributed by atoms with Crippen LogP contribution in [0.4, 0.5) is 8.78 Å². The van der Waals surface area contributed by atoms with Gasteiger partial charge in [0.05, 0.1) is 6.20 Å². The van der Waals surface area contributed by atoms with Crippen LogP contribution < -0.4 is 0 Å². The van der Waals surface area contributed by atoms with Crippen molar-refractivity contribution < 1.29 is 13.3 Å². The Kier molecular flexibility index (Phi) is 4.17. The van der Waals surface area contributed by atoms with Crippen molar-refractivity contribution in [3.8, 4) is 0 Å². The van der Waals surface area contributed by atoms with Gasteiger partial charge in [-0.15, -0.1) is 0 Å². The fourth-order valence-corrected chi connectivity index (χ4v) is 2.40. The molecular formula is C17H21F2NO. The molecule has 0 fully saturated rings. The zero-order valence-electron chi connectivity index (χ0n) is 12.9. The van der Waals surface area contributed by atoms with Crippen LogP contribution in [0.5, 0.6) is 0 Å². The Morgan fingerprint density at radius 1 is 0.905 bits per heavy atom. The van der Waals surface area contributed by atoms with Crippen molar-refractivity contribution in [2.75, 3.05) is 0 Å². The summed E-state index contributed by atoms with van der Waals surface area (Å²) in [7, 11) is 0. The summed E-state index contributed by atoms with van der Waals surface area (Å²) >= 11 is 0. The summed E-state index contributed by atoms with van der Waals surface area (Å²) in [5.41, 5.74) is 1.31. The van der Waals surface area contributed by atoms with Gasteiger partial charge in [-0.05, 0) is 41.4 Å². The summed E-state index contributed by atoms with van der Waals surface area (Å²) < 4.78 is 31.7. The highest BCUT2D eigenvalue weighted by Crippen LogP contribution is 2.36. The van der Waals surface area contributed by atoms with Gasteiger partial charge in [-0.3, -0.25) is 0 Å². The highest BCUT2D eigenvalue weighted by molar-refractivity contribution is 5.26. The number of rotatable bonds is 5. The molecule has 1 aromatic heterocycles. The molecule has 4 heteroatoms. The van der Waals surface area contributed by atoms with Crippen molar-refractivity contribution in [3.63, 3.8) is 0 Å². The molecule has 0 N–H and O–H groups in total. The van der Waals surface area contributed by atoms with Crippen LogP contribution >= 0.6 is 0 Å². The molecule has 0 unspecified atom stereocenters. The topological polar surface area (TPSA) is 26.0 Å². The summed E-state index contributed by atoms with van der Waals surface area (Å²) in [6.45, 7) is 8.24. The van der Waals surface area contributed by atoms with Gasteiger partial charge in [-0.2, -0.15) is 0 Å². The van der Waals surface area contributed by atoms with Gasteiger partial charge in [0, 0.05) is 11.6 Å². The van der Waals surface area contributed by atoms with Crippen LogP contribution in [0.3, 0.4) is 0 Å². The van der Waals surface area contributed by atoms with E-state index in [-0.39, 0.29) is 10.8 Å². The maximum absolute atomic E-state index is 13.4. The molecule has 2 aromatic rings. The number of hydrogen-bond acceptors (Lipinski definition) is 2. The first-order valence-electron chi connectivity index (χ1n) is 7.07. The molecule has 0 saturated carbocycles. The molecule has 0 spiro atoms. The molecule has 2 rings (SSSR count). The Balaban J connectivity index is 2.14. The third-order valence-electron chi connectivity index (χ3n) is 4.23. The van der Waals surface area contributed by atoms with E-state index in [1.54, 1.807) is 12.5 Å². The minimum Gasteiger partial charge on any atom is -0.364 e. The Morgan fingerprint density at radius 3 is 1.90 bits per heavy atom. The second-order valence-electron chi connectivity index (χ2n) is 6.84. The van der Waals surface area contributed by atoms with E-state index in [1.165, 1.54) is 12.1 Å². The maximum Gasteiger partial charge on any atom is 0.127 e. The number of benzene rings is 1. The largest absolute Gasteiger partial charge is 0.364 e. The third kappa shape index (κ3) is 3.69. The van der Waals surface area contributed by atoms with Crippen LogP contribution in [0.25, 0.3) is 0 Å². The lowest BCUT2D eigenvalue weighted by Gasteiger charge is -2.31. The van der Waals surface area contributed by atoms with Gasteiger partial charge in [0.2, 0.25) is 0 Å². The third-order valence-corrected chi connectivity index (χ3v) is 4.23. The molecule has 1 heterocycles. The lowest BCUT2D eigenvalue weighted by Crippen LogP contribution is -2.24. The Labute approximate surface area is 124 Å². The minimum absolute atomic E-state index is 0.0941. The van der Waals surface area contributed by atoms with Crippen LogP contribution in [-0.4, -0.2) is 5.16 Å². The van der Waals surface area contributed by atoms with Crippen LogP contribution in [0.15, 0.2) is 35.2 Å². The molecule has 0 saturated heterocycles. The van der Waals surface area contributed by atoms with Crippen molar-refractivity contribution in [3.05, 3.63) is 53.4 Å². The molecule has 0 aliphatic carbocycles. The fraction of sp³-hybridized carbons (Fsp3) is 0.471. The van der Waals surface area contributed by atoms with Crippen LogP contribution in [0, 0.1) is 11.6 Å². The van der Waals surface area contributed by atoms with Gasteiger partial charge < -0.3 is 4.52 Å². The van der Waals surface area contributed by atoms with Crippen LogP contribution in [0.2, 0.25) is 0 Å². The normalized spacial score (nSPS) is 12.7. The van der Waals surface area contributed by atoms with Crippen LogP contribution in [0.1, 0.15) is 51.7 Å². The fourth-order valence-electron chi connectivity index (χ4n) is 2.40. The van der Waals surface area contributed by atoms with E-state index in [9.17, 15) is 8.78 Å². The summed E-state index contributed by atoms with van der Waals surface area (Å²) in [6, 6.07) is 3.73. The van der Waals surface area contributed by atoms with Crippen molar-refractivity contribution in [2.45, 2.75) is 51.4 Å². The predicted molar refractivity (Wildman–Crippen MR) is 78.1 cm³/mol. The van der Waals surface area contributed by atoms with Crippen molar-refractivity contribution in [1.29, 1.82) is 0 Å². The number of halogens is 2.